The number of amides is 1. The maximum absolute atomic E-state index is 11.0. The fourth-order valence-electron chi connectivity index (χ4n) is 1.22. The van der Waals surface area contributed by atoms with Gasteiger partial charge in [0, 0.05) is 28.3 Å². The van der Waals surface area contributed by atoms with Crippen molar-refractivity contribution >= 4 is 29.1 Å². The molecule has 0 aromatic rings. The van der Waals surface area contributed by atoms with Crippen molar-refractivity contribution in [3.05, 3.63) is 0 Å². The van der Waals surface area contributed by atoms with E-state index in [0.717, 1.165) is 12.2 Å². The third-order valence-corrected chi connectivity index (χ3v) is 3.25. The van der Waals surface area contributed by atoms with Crippen LogP contribution in [0.5, 0.6) is 0 Å². The second kappa shape index (κ2) is 6.34. The molecule has 4 nitrogen and oxygen atoms in total. The Hall–Kier alpha value is -0.130. The third kappa shape index (κ3) is 4.59. The largest absolute Gasteiger partial charge is 0.351 e. The first-order valence-electron chi connectivity index (χ1n) is 4.01. The van der Waals surface area contributed by atoms with Gasteiger partial charge in [-0.3, -0.25) is 9.00 Å². The van der Waals surface area contributed by atoms with Crippen LogP contribution in [0.4, 0.5) is 0 Å². The molecule has 0 saturated carbocycles. The maximum Gasteiger partial charge on any atom is 0.234 e. The van der Waals surface area contributed by atoms with Crippen molar-refractivity contribution in [3.8, 4) is 0 Å². The van der Waals surface area contributed by atoms with Gasteiger partial charge in [-0.2, -0.15) is 0 Å². The Morgan fingerprint density at radius 2 is 2.31 bits per heavy atom. The second-order valence-corrected chi connectivity index (χ2v) is 4.52. The molecule has 1 rings (SSSR count). The highest BCUT2D eigenvalue weighted by Crippen LogP contribution is 2.06. The highest BCUT2D eigenvalue weighted by Gasteiger charge is 2.21. The predicted octanol–water partition coefficient (Wildman–Crippen LogP) is -0.735. The molecule has 2 atom stereocenters. The van der Waals surface area contributed by atoms with E-state index in [1.807, 2.05) is 0 Å². The number of hydrogen-bond donors (Lipinski definition) is 2. The lowest BCUT2D eigenvalue weighted by molar-refractivity contribution is -0.120. The van der Waals surface area contributed by atoms with Crippen molar-refractivity contribution < 1.29 is 9.00 Å². The Morgan fingerprint density at radius 1 is 1.62 bits per heavy atom. The lowest BCUT2D eigenvalue weighted by Gasteiger charge is -2.09. The van der Waals surface area contributed by atoms with Crippen molar-refractivity contribution in [2.75, 3.05) is 25.1 Å². The van der Waals surface area contributed by atoms with Crippen molar-refractivity contribution in [2.45, 2.75) is 12.5 Å². The molecule has 78 valence electrons. The van der Waals surface area contributed by atoms with Crippen LogP contribution in [0.3, 0.4) is 0 Å². The molecule has 0 aromatic heterocycles. The lowest BCUT2D eigenvalue weighted by Crippen LogP contribution is -2.39. The fourth-order valence-corrected chi connectivity index (χ4v) is 2.63. The molecule has 13 heavy (non-hydrogen) atoms. The molecule has 0 spiro atoms. The summed E-state index contributed by atoms with van der Waals surface area (Å²) in [6.07, 6.45) is 0.849. The summed E-state index contributed by atoms with van der Waals surface area (Å²) in [6.45, 7) is 0.336. The highest BCUT2D eigenvalue weighted by molar-refractivity contribution is 7.85. The Morgan fingerprint density at radius 3 is 2.77 bits per heavy atom. The molecule has 0 aromatic carbocycles. The zero-order valence-electron chi connectivity index (χ0n) is 7.54. The monoisotopic (exact) mass is 226 g/mol. The molecule has 1 saturated heterocycles. The summed E-state index contributed by atoms with van der Waals surface area (Å²) in [6, 6.07) is 0.131. The van der Waals surface area contributed by atoms with E-state index in [1.165, 1.54) is 0 Å². The van der Waals surface area contributed by atoms with Crippen LogP contribution >= 0.6 is 12.4 Å². The van der Waals surface area contributed by atoms with Crippen LogP contribution in [-0.2, 0) is 15.6 Å². The van der Waals surface area contributed by atoms with Gasteiger partial charge in [0.05, 0.1) is 6.54 Å². The van der Waals surface area contributed by atoms with Crippen LogP contribution in [0.2, 0.25) is 0 Å². The topological polar surface area (TPSA) is 58.2 Å². The first-order valence-corrected chi connectivity index (χ1v) is 5.50. The number of rotatable bonds is 3. The molecule has 0 aliphatic carbocycles. The van der Waals surface area contributed by atoms with Gasteiger partial charge in [0.1, 0.15) is 0 Å². The summed E-state index contributed by atoms with van der Waals surface area (Å²) in [5.41, 5.74) is 0. The molecule has 1 amide bonds. The lowest BCUT2D eigenvalue weighted by atomic mass is 10.2. The molecule has 2 N–H and O–H groups in total. The molecular weight excluding hydrogens is 212 g/mol. The summed E-state index contributed by atoms with van der Waals surface area (Å²) >= 11 is 0. The molecule has 0 radical (unpaired) electrons. The van der Waals surface area contributed by atoms with Crippen LogP contribution in [0.25, 0.3) is 0 Å². The fraction of sp³-hybridized carbons (Fsp3) is 0.857. The molecular formula is C7H15ClN2O2S. The van der Waals surface area contributed by atoms with E-state index in [-0.39, 0.29) is 24.4 Å². The van der Waals surface area contributed by atoms with E-state index in [2.05, 4.69) is 10.6 Å². The van der Waals surface area contributed by atoms with E-state index in [4.69, 9.17) is 0 Å². The van der Waals surface area contributed by atoms with Crippen molar-refractivity contribution in [2.24, 2.45) is 0 Å². The zero-order valence-corrected chi connectivity index (χ0v) is 9.17. The number of halogens is 1. The zero-order chi connectivity index (χ0) is 8.97. The minimum Gasteiger partial charge on any atom is -0.351 e. The van der Waals surface area contributed by atoms with E-state index in [9.17, 15) is 9.00 Å². The van der Waals surface area contributed by atoms with Crippen LogP contribution in [-0.4, -0.2) is 41.3 Å². The molecule has 1 fully saturated rings. The Bertz CT molecular complexity index is 201. The average Bonchev–Trinajstić information content (AvgIpc) is 2.36. The van der Waals surface area contributed by atoms with Gasteiger partial charge in [0.25, 0.3) is 0 Å². The first-order chi connectivity index (χ1) is 5.72. The highest BCUT2D eigenvalue weighted by atomic mass is 35.5. The van der Waals surface area contributed by atoms with Crippen LogP contribution in [0, 0.1) is 0 Å². The minimum atomic E-state index is -0.708. The number of likely N-dealkylation sites (N-methyl/N-ethyl adjacent to an activating group) is 1. The van der Waals surface area contributed by atoms with Gasteiger partial charge in [-0.25, -0.2) is 0 Å². The number of hydrogen-bond acceptors (Lipinski definition) is 3. The van der Waals surface area contributed by atoms with Crippen LogP contribution in [0.1, 0.15) is 6.42 Å². The third-order valence-electron chi connectivity index (χ3n) is 1.78. The van der Waals surface area contributed by atoms with Gasteiger partial charge in [0.15, 0.2) is 0 Å². The van der Waals surface area contributed by atoms with Crippen molar-refractivity contribution in [1.82, 2.24) is 10.6 Å². The maximum atomic E-state index is 11.0. The summed E-state index contributed by atoms with van der Waals surface area (Å²) in [4.78, 5) is 11.0. The molecule has 2 unspecified atom stereocenters. The predicted molar refractivity (Wildman–Crippen MR) is 55.6 cm³/mol. The van der Waals surface area contributed by atoms with Crippen LogP contribution in [0.15, 0.2) is 0 Å². The van der Waals surface area contributed by atoms with E-state index >= 15 is 0 Å². The standard InChI is InChI=1S/C7H14N2O2S.ClH/c1-8-4-7(10)9-6-2-3-12(11)5-6;/h6,8H,2-5H2,1H3,(H,9,10);1H. The summed E-state index contributed by atoms with van der Waals surface area (Å²) in [5.74, 6) is 1.33. The SMILES string of the molecule is CNCC(=O)NC1CCS(=O)C1.Cl. The van der Waals surface area contributed by atoms with Gasteiger partial charge in [-0.05, 0) is 13.5 Å². The molecule has 1 heterocycles. The smallest absolute Gasteiger partial charge is 0.234 e. The summed E-state index contributed by atoms with van der Waals surface area (Å²) in [5, 5.41) is 5.58. The number of carbonyl (C=O) groups excluding carboxylic acids is 1. The summed E-state index contributed by atoms with van der Waals surface area (Å²) < 4.78 is 10.9. The Labute approximate surface area is 86.7 Å². The van der Waals surface area contributed by atoms with E-state index in [1.54, 1.807) is 7.05 Å². The van der Waals surface area contributed by atoms with Gasteiger partial charge >= 0.3 is 0 Å². The average molecular weight is 227 g/mol. The van der Waals surface area contributed by atoms with Crippen molar-refractivity contribution in [3.63, 3.8) is 0 Å². The molecule has 1 aliphatic heterocycles. The minimum absolute atomic E-state index is 0. The Kier molecular flexibility index (Phi) is 6.28. The van der Waals surface area contributed by atoms with Gasteiger partial charge in [0.2, 0.25) is 5.91 Å². The van der Waals surface area contributed by atoms with Crippen molar-refractivity contribution in [1.29, 1.82) is 0 Å². The number of carbonyl (C=O) groups is 1. The quantitative estimate of drug-likeness (QED) is 0.667. The normalized spacial score (nSPS) is 26.5. The second-order valence-electron chi connectivity index (χ2n) is 2.89. The molecule has 1 aliphatic rings. The number of nitrogens with one attached hydrogen (secondary N) is 2. The van der Waals surface area contributed by atoms with E-state index < -0.39 is 10.8 Å². The molecule has 0 bridgehead atoms. The van der Waals surface area contributed by atoms with Gasteiger partial charge in [-0.15, -0.1) is 12.4 Å². The van der Waals surface area contributed by atoms with Crippen LogP contribution < -0.4 is 10.6 Å². The Balaban J connectivity index is 0.00000144. The van der Waals surface area contributed by atoms with E-state index in [0.29, 0.717) is 12.3 Å². The van der Waals surface area contributed by atoms with Gasteiger partial charge in [-0.1, -0.05) is 0 Å². The summed E-state index contributed by atoms with van der Waals surface area (Å²) in [7, 11) is 1.02. The first kappa shape index (κ1) is 12.9. The molecule has 6 heteroatoms. The van der Waals surface area contributed by atoms with Gasteiger partial charge < -0.3 is 10.6 Å².